The van der Waals surface area contributed by atoms with Gasteiger partial charge in [0.05, 0.1) is 18.3 Å². The van der Waals surface area contributed by atoms with Gasteiger partial charge in [0.1, 0.15) is 5.75 Å². The number of hydrogen-bond acceptors (Lipinski definition) is 3. The monoisotopic (exact) mass is 270 g/mol. The number of hydrogen-bond donors (Lipinski definition) is 1. The molecule has 106 valence electrons. The zero-order chi connectivity index (χ0) is 14.5. The Morgan fingerprint density at radius 2 is 1.95 bits per heavy atom. The molecule has 3 nitrogen and oxygen atoms in total. The van der Waals surface area contributed by atoms with E-state index in [1.165, 1.54) is 11.1 Å². The molecular formula is C17H22N2O. The minimum absolute atomic E-state index is 0.199. The predicted octanol–water partition coefficient (Wildman–Crippen LogP) is 4.10. The van der Waals surface area contributed by atoms with Crippen LogP contribution in [0.15, 0.2) is 36.5 Å². The van der Waals surface area contributed by atoms with Crippen LogP contribution >= 0.6 is 0 Å². The summed E-state index contributed by atoms with van der Waals surface area (Å²) in [5, 5.41) is 3.41. The standard InChI is InChI=1S/C17H22N2O/c1-12(2)20-16-7-8-17(14(4)9-16)19-11-15-6-5-13(3)10-18-15/h5-10,12,19H,11H2,1-4H3. The molecule has 0 aliphatic carbocycles. The molecule has 1 aromatic carbocycles. The van der Waals surface area contributed by atoms with Gasteiger partial charge in [-0.2, -0.15) is 0 Å². The van der Waals surface area contributed by atoms with E-state index in [0.29, 0.717) is 0 Å². The summed E-state index contributed by atoms with van der Waals surface area (Å²) in [6, 6.07) is 10.2. The van der Waals surface area contributed by atoms with E-state index in [1.807, 2.05) is 39.1 Å². The van der Waals surface area contributed by atoms with Gasteiger partial charge in [0.25, 0.3) is 0 Å². The fourth-order valence-corrected chi connectivity index (χ4v) is 1.97. The molecule has 1 N–H and O–H groups in total. The molecule has 0 saturated carbocycles. The number of aromatic nitrogens is 1. The first kappa shape index (κ1) is 14.4. The second-order valence-electron chi connectivity index (χ2n) is 5.32. The molecule has 2 aromatic rings. The summed E-state index contributed by atoms with van der Waals surface area (Å²) in [5.41, 5.74) is 4.51. The van der Waals surface area contributed by atoms with Gasteiger partial charge in [-0.1, -0.05) is 6.07 Å². The highest BCUT2D eigenvalue weighted by Crippen LogP contribution is 2.22. The van der Waals surface area contributed by atoms with Crippen molar-refractivity contribution in [3.63, 3.8) is 0 Å². The molecule has 0 amide bonds. The number of rotatable bonds is 5. The van der Waals surface area contributed by atoms with Crippen LogP contribution in [0, 0.1) is 13.8 Å². The first-order valence-corrected chi connectivity index (χ1v) is 6.97. The molecule has 0 unspecified atom stereocenters. The SMILES string of the molecule is Cc1ccc(CNc2ccc(OC(C)C)cc2C)nc1. The lowest BCUT2D eigenvalue weighted by Gasteiger charge is -2.13. The van der Waals surface area contributed by atoms with Crippen molar-refractivity contribution < 1.29 is 4.74 Å². The number of nitrogens with zero attached hydrogens (tertiary/aromatic N) is 1. The van der Waals surface area contributed by atoms with E-state index >= 15 is 0 Å². The van der Waals surface area contributed by atoms with Crippen molar-refractivity contribution in [3.05, 3.63) is 53.3 Å². The minimum atomic E-state index is 0.199. The molecule has 0 atom stereocenters. The Morgan fingerprint density at radius 1 is 1.15 bits per heavy atom. The third-order valence-electron chi connectivity index (χ3n) is 3.00. The van der Waals surface area contributed by atoms with E-state index in [0.717, 1.165) is 23.7 Å². The molecule has 0 spiro atoms. The van der Waals surface area contributed by atoms with Crippen molar-refractivity contribution in [1.29, 1.82) is 0 Å². The summed E-state index contributed by atoms with van der Waals surface area (Å²) in [6.07, 6.45) is 2.09. The third-order valence-corrected chi connectivity index (χ3v) is 3.00. The van der Waals surface area contributed by atoms with Gasteiger partial charge in [0, 0.05) is 11.9 Å². The lowest BCUT2D eigenvalue weighted by Crippen LogP contribution is -2.06. The highest BCUT2D eigenvalue weighted by molar-refractivity contribution is 5.53. The number of ether oxygens (including phenoxy) is 1. The smallest absolute Gasteiger partial charge is 0.120 e. The molecule has 0 bridgehead atoms. The normalized spacial score (nSPS) is 10.7. The first-order chi connectivity index (χ1) is 9.54. The van der Waals surface area contributed by atoms with E-state index in [9.17, 15) is 0 Å². The molecule has 0 saturated heterocycles. The summed E-state index contributed by atoms with van der Waals surface area (Å²) < 4.78 is 5.69. The van der Waals surface area contributed by atoms with Crippen molar-refractivity contribution in [1.82, 2.24) is 4.98 Å². The molecule has 20 heavy (non-hydrogen) atoms. The molecule has 0 radical (unpaired) electrons. The van der Waals surface area contributed by atoms with Gasteiger partial charge < -0.3 is 10.1 Å². The van der Waals surface area contributed by atoms with Crippen LogP contribution in [0.2, 0.25) is 0 Å². The lowest BCUT2D eigenvalue weighted by atomic mass is 10.2. The molecular weight excluding hydrogens is 248 g/mol. The number of pyridine rings is 1. The van der Waals surface area contributed by atoms with Crippen LogP contribution in [0.4, 0.5) is 5.69 Å². The van der Waals surface area contributed by atoms with Gasteiger partial charge in [-0.05, 0) is 63.1 Å². The zero-order valence-electron chi connectivity index (χ0n) is 12.6. The van der Waals surface area contributed by atoms with Crippen LogP contribution in [-0.4, -0.2) is 11.1 Å². The first-order valence-electron chi connectivity index (χ1n) is 6.97. The largest absolute Gasteiger partial charge is 0.491 e. The molecule has 3 heteroatoms. The quantitative estimate of drug-likeness (QED) is 0.888. The fraction of sp³-hybridized carbons (Fsp3) is 0.353. The maximum atomic E-state index is 5.69. The average molecular weight is 270 g/mol. The van der Waals surface area contributed by atoms with E-state index < -0.39 is 0 Å². The summed E-state index contributed by atoms with van der Waals surface area (Å²) in [7, 11) is 0. The topological polar surface area (TPSA) is 34.1 Å². The van der Waals surface area contributed by atoms with Gasteiger partial charge in [-0.25, -0.2) is 0 Å². The Bertz CT molecular complexity index is 562. The summed E-state index contributed by atoms with van der Waals surface area (Å²) in [5.74, 6) is 0.913. The Morgan fingerprint density at radius 3 is 2.55 bits per heavy atom. The maximum Gasteiger partial charge on any atom is 0.120 e. The fourth-order valence-electron chi connectivity index (χ4n) is 1.97. The van der Waals surface area contributed by atoms with Gasteiger partial charge in [0.2, 0.25) is 0 Å². The predicted molar refractivity (Wildman–Crippen MR) is 83.2 cm³/mol. The molecule has 0 aliphatic heterocycles. The van der Waals surface area contributed by atoms with Crippen LogP contribution in [0.5, 0.6) is 5.75 Å². The van der Waals surface area contributed by atoms with E-state index in [1.54, 1.807) is 0 Å². The van der Waals surface area contributed by atoms with Crippen molar-refractivity contribution in [2.75, 3.05) is 5.32 Å². The number of aryl methyl sites for hydroxylation is 2. The number of nitrogens with one attached hydrogen (secondary N) is 1. The molecule has 0 aliphatic rings. The van der Waals surface area contributed by atoms with Crippen molar-refractivity contribution >= 4 is 5.69 Å². The minimum Gasteiger partial charge on any atom is -0.491 e. The highest BCUT2D eigenvalue weighted by Gasteiger charge is 2.03. The maximum absolute atomic E-state index is 5.69. The summed E-state index contributed by atoms with van der Waals surface area (Å²) >= 11 is 0. The summed E-state index contributed by atoms with van der Waals surface area (Å²) in [4.78, 5) is 4.39. The number of benzene rings is 1. The Hall–Kier alpha value is -2.03. The molecule has 0 fully saturated rings. The number of anilines is 1. The van der Waals surface area contributed by atoms with Gasteiger partial charge in [0.15, 0.2) is 0 Å². The van der Waals surface area contributed by atoms with Crippen LogP contribution in [-0.2, 0) is 6.54 Å². The Kier molecular flexibility index (Phi) is 4.61. The van der Waals surface area contributed by atoms with E-state index in [-0.39, 0.29) is 6.10 Å². The molecule has 2 rings (SSSR count). The van der Waals surface area contributed by atoms with E-state index in [4.69, 9.17) is 4.74 Å². The molecule has 1 heterocycles. The second kappa shape index (κ2) is 6.42. The van der Waals surface area contributed by atoms with Gasteiger partial charge in [-0.15, -0.1) is 0 Å². The van der Waals surface area contributed by atoms with Crippen LogP contribution in [0.1, 0.15) is 30.7 Å². The van der Waals surface area contributed by atoms with Gasteiger partial charge in [-0.3, -0.25) is 4.98 Å². The lowest BCUT2D eigenvalue weighted by molar-refractivity contribution is 0.242. The zero-order valence-corrected chi connectivity index (χ0v) is 12.6. The van der Waals surface area contributed by atoms with Crippen LogP contribution < -0.4 is 10.1 Å². The van der Waals surface area contributed by atoms with Crippen LogP contribution in [0.3, 0.4) is 0 Å². The average Bonchev–Trinajstić information content (AvgIpc) is 2.39. The van der Waals surface area contributed by atoms with E-state index in [2.05, 4.69) is 35.4 Å². The third kappa shape index (κ3) is 3.98. The van der Waals surface area contributed by atoms with Crippen molar-refractivity contribution in [2.24, 2.45) is 0 Å². The Labute approximate surface area is 121 Å². The molecule has 1 aromatic heterocycles. The van der Waals surface area contributed by atoms with Crippen LogP contribution in [0.25, 0.3) is 0 Å². The Balaban J connectivity index is 2.01. The van der Waals surface area contributed by atoms with Gasteiger partial charge >= 0.3 is 0 Å². The second-order valence-corrected chi connectivity index (χ2v) is 5.32. The highest BCUT2D eigenvalue weighted by atomic mass is 16.5. The van der Waals surface area contributed by atoms with Crippen molar-refractivity contribution in [2.45, 2.75) is 40.3 Å². The summed E-state index contributed by atoms with van der Waals surface area (Å²) in [6.45, 7) is 8.92. The van der Waals surface area contributed by atoms with Crippen molar-refractivity contribution in [3.8, 4) is 5.75 Å².